The van der Waals surface area contributed by atoms with Crippen molar-refractivity contribution in [3.8, 4) is 0 Å². The van der Waals surface area contributed by atoms with Gasteiger partial charge in [-0.3, -0.25) is 5.43 Å². The topological polar surface area (TPSA) is 67.1 Å². The Hall–Kier alpha value is -1.43. The zero-order chi connectivity index (χ0) is 13.1. The smallest absolute Gasteiger partial charge is 0.239 e. The van der Waals surface area contributed by atoms with Crippen LogP contribution in [0.2, 0.25) is 0 Å². The van der Waals surface area contributed by atoms with E-state index in [1.807, 2.05) is 4.90 Å². The number of hydrogen-bond donors (Lipinski definition) is 2. The lowest BCUT2D eigenvalue weighted by Crippen LogP contribution is -2.30. The van der Waals surface area contributed by atoms with Crippen molar-refractivity contribution >= 4 is 11.8 Å². The standard InChI is InChI=1S/C12H20FN5/c1-8(2)5-6-18(9-3-4-9)11-10(13)7-15-12(16-11)17-14/h7-9H,3-6,14H2,1-2H3,(H,15,16,17). The molecule has 1 aromatic rings. The van der Waals surface area contributed by atoms with Crippen molar-refractivity contribution in [1.29, 1.82) is 0 Å². The fourth-order valence-electron chi connectivity index (χ4n) is 1.87. The van der Waals surface area contributed by atoms with E-state index < -0.39 is 0 Å². The lowest BCUT2D eigenvalue weighted by atomic mass is 10.1. The lowest BCUT2D eigenvalue weighted by molar-refractivity contribution is 0.552. The molecule has 1 saturated carbocycles. The van der Waals surface area contributed by atoms with Gasteiger partial charge in [0.15, 0.2) is 11.6 Å². The number of anilines is 2. The Labute approximate surface area is 107 Å². The van der Waals surface area contributed by atoms with E-state index in [9.17, 15) is 4.39 Å². The van der Waals surface area contributed by atoms with Crippen molar-refractivity contribution in [3.05, 3.63) is 12.0 Å². The molecule has 1 aliphatic carbocycles. The van der Waals surface area contributed by atoms with E-state index in [1.54, 1.807) is 0 Å². The summed E-state index contributed by atoms with van der Waals surface area (Å²) in [6, 6.07) is 0.416. The SMILES string of the molecule is CC(C)CCN(c1nc(NN)ncc1F)C1CC1. The van der Waals surface area contributed by atoms with E-state index in [4.69, 9.17) is 5.84 Å². The Morgan fingerprint density at radius 1 is 1.56 bits per heavy atom. The maximum atomic E-state index is 13.8. The number of nitrogens with two attached hydrogens (primary N) is 1. The maximum absolute atomic E-state index is 13.8. The van der Waals surface area contributed by atoms with Crippen LogP contribution in [0.3, 0.4) is 0 Å². The summed E-state index contributed by atoms with van der Waals surface area (Å²) in [5.41, 5.74) is 2.36. The van der Waals surface area contributed by atoms with Crippen LogP contribution in [0.5, 0.6) is 0 Å². The highest BCUT2D eigenvalue weighted by molar-refractivity contribution is 5.45. The van der Waals surface area contributed by atoms with Gasteiger partial charge in [-0.2, -0.15) is 4.98 Å². The molecule has 3 N–H and O–H groups in total. The van der Waals surface area contributed by atoms with Gasteiger partial charge in [0.1, 0.15) is 0 Å². The molecule has 18 heavy (non-hydrogen) atoms. The molecule has 0 amide bonds. The summed E-state index contributed by atoms with van der Waals surface area (Å²) in [5.74, 6) is 6.08. The molecule has 5 nitrogen and oxygen atoms in total. The molecule has 0 unspecified atom stereocenters. The van der Waals surface area contributed by atoms with Gasteiger partial charge in [0.2, 0.25) is 5.95 Å². The molecule has 0 saturated heterocycles. The third-order valence-corrected chi connectivity index (χ3v) is 3.06. The van der Waals surface area contributed by atoms with Crippen molar-refractivity contribution in [2.45, 2.75) is 39.2 Å². The Kier molecular flexibility index (Phi) is 3.96. The molecule has 2 rings (SSSR count). The molecular weight excluding hydrogens is 233 g/mol. The number of nitrogen functional groups attached to an aromatic ring is 1. The van der Waals surface area contributed by atoms with Crippen molar-refractivity contribution in [2.24, 2.45) is 11.8 Å². The van der Waals surface area contributed by atoms with Crippen LogP contribution in [0, 0.1) is 11.7 Å². The molecule has 0 aromatic carbocycles. The summed E-state index contributed by atoms with van der Waals surface area (Å²) < 4.78 is 13.8. The Morgan fingerprint density at radius 2 is 2.28 bits per heavy atom. The van der Waals surface area contributed by atoms with Crippen molar-refractivity contribution in [3.63, 3.8) is 0 Å². The van der Waals surface area contributed by atoms with Crippen LogP contribution in [0.4, 0.5) is 16.2 Å². The molecule has 1 heterocycles. The summed E-state index contributed by atoms with van der Waals surface area (Å²) in [7, 11) is 0. The van der Waals surface area contributed by atoms with Crippen LogP contribution in [0.25, 0.3) is 0 Å². The number of hydrazine groups is 1. The quantitative estimate of drug-likeness (QED) is 0.599. The van der Waals surface area contributed by atoms with Crippen molar-refractivity contribution in [2.75, 3.05) is 16.9 Å². The fourth-order valence-corrected chi connectivity index (χ4v) is 1.87. The van der Waals surface area contributed by atoms with E-state index in [-0.39, 0.29) is 11.8 Å². The first-order valence-corrected chi connectivity index (χ1v) is 6.37. The molecule has 6 heteroatoms. The zero-order valence-electron chi connectivity index (χ0n) is 10.9. The molecule has 1 fully saturated rings. The predicted octanol–water partition coefficient (Wildman–Crippen LogP) is 1.92. The number of nitrogens with zero attached hydrogens (tertiary/aromatic N) is 3. The van der Waals surface area contributed by atoms with Crippen molar-refractivity contribution < 1.29 is 4.39 Å². The zero-order valence-corrected chi connectivity index (χ0v) is 10.9. The first-order chi connectivity index (χ1) is 8.61. The van der Waals surface area contributed by atoms with E-state index in [0.717, 1.165) is 25.8 Å². The molecular formula is C12H20FN5. The molecule has 0 radical (unpaired) electrons. The number of rotatable bonds is 6. The second-order valence-corrected chi connectivity index (χ2v) is 5.12. The molecule has 0 atom stereocenters. The van der Waals surface area contributed by atoms with Crippen LogP contribution in [0.15, 0.2) is 6.20 Å². The van der Waals surface area contributed by atoms with Gasteiger partial charge in [0.05, 0.1) is 6.20 Å². The summed E-state index contributed by atoms with van der Waals surface area (Å²) in [6.07, 6.45) is 4.40. The molecule has 0 aliphatic heterocycles. The molecule has 0 bridgehead atoms. The lowest BCUT2D eigenvalue weighted by Gasteiger charge is -2.24. The molecule has 1 aliphatic rings. The fraction of sp³-hybridized carbons (Fsp3) is 0.667. The minimum atomic E-state index is -0.385. The van der Waals surface area contributed by atoms with E-state index in [2.05, 4.69) is 29.2 Å². The third-order valence-electron chi connectivity index (χ3n) is 3.06. The predicted molar refractivity (Wildman–Crippen MR) is 69.6 cm³/mol. The Morgan fingerprint density at radius 3 is 2.83 bits per heavy atom. The average molecular weight is 253 g/mol. The van der Waals surface area contributed by atoms with Gasteiger partial charge in [-0.1, -0.05) is 13.8 Å². The number of halogens is 1. The number of aromatic nitrogens is 2. The van der Waals surface area contributed by atoms with E-state index in [1.165, 1.54) is 6.20 Å². The van der Waals surface area contributed by atoms with Crippen LogP contribution in [-0.2, 0) is 0 Å². The van der Waals surface area contributed by atoms with Gasteiger partial charge in [0.25, 0.3) is 0 Å². The largest absolute Gasteiger partial charge is 0.351 e. The van der Waals surface area contributed by atoms with Gasteiger partial charge >= 0.3 is 0 Å². The van der Waals surface area contributed by atoms with Crippen LogP contribution in [0.1, 0.15) is 33.1 Å². The molecule has 0 spiro atoms. The van der Waals surface area contributed by atoms with Gasteiger partial charge in [-0.25, -0.2) is 15.2 Å². The van der Waals surface area contributed by atoms with Crippen LogP contribution >= 0.6 is 0 Å². The summed E-state index contributed by atoms with van der Waals surface area (Å²) in [6.45, 7) is 5.14. The summed E-state index contributed by atoms with van der Waals surface area (Å²) in [5, 5.41) is 0. The van der Waals surface area contributed by atoms with Gasteiger partial charge in [0, 0.05) is 12.6 Å². The van der Waals surface area contributed by atoms with E-state index in [0.29, 0.717) is 17.8 Å². The van der Waals surface area contributed by atoms with E-state index >= 15 is 0 Å². The highest BCUT2D eigenvalue weighted by atomic mass is 19.1. The van der Waals surface area contributed by atoms with Gasteiger partial charge < -0.3 is 4.90 Å². The monoisotopic (exact) mass is 253 g/mol. The van der Waals surface area contributed by atoms with Gasteiger partial charge in [-0.15, -0.1) is 0 Å². The Bertz CT molecular complexity index is 405. The van der Waals surface area contributed by atoms with Crippen molar-refractivity contribution in [1.82, 2.24) is 9.97 Å². The van der Waals surface area contributed by atoms with Crippen LogP contribution in [-0.4, -0.2) is 22.6 Å². The van der Waals surface area contributed by atoms with Crippen LogP contribution < -0.4 is 16.2 Å². The third kappa shape index (κ3) is 3.07. The summed E-state index contributed by atoms with van der Waals surface area (Å²) in [4.78, 5) is 9.94. The number of hydrogen-bond acceptors (Lipinski definition) is 5. The average Bonchev–Trinajstić information content (AvgIpc) is 3.15. The summed E-state index contributed by atoms with van der Waals surface area (Å²) >= 11 is 0. The maximum Gasteiger partial charge on any atom is 0.239 e. The second kappa shape index (κ2) is 5.48. The second-order valence-electron chi connectivity index (χ2n) is 5.12. The molecule has 1 aromatic heterocycles. The molecule has 100 valence electrons. The first-order valence-electron chi connectivity index (χ1n) is 6.37. The highest BCUT2D eigenvalue weighted by Crippen LogP contribution is 2.32. The number of nitrogens with one attached hydrogen (secondary N) is 1. The minimum Gasteiger partial charge on any atom is -0.351 e. The Balaban J connectivity index is 2.18. The minimum absolute atomic E-state index is 0.251. The highest BCUT2D eigenvalue weighted by Gasteiger charge is 2.31. The van der Waals surface area contributed by atoms with Gasteiger partial charge in [-0.05, 0) is 25.2 Å². The first kappa shape index (κ1) is 13.0. The normalized spacial score (nSPS) is 14.9.